The third kappa shape index (κ3) is 5.50. The highest BCUT2D eigenvalue weighted by Crippen LogP contribution is 2.28. The number of rotatable bonds is 7. The lowest BCUT2D eigenvalue weighted by Crippen LogP contribution is -2.39. The van der Waals surface area contributed by atoms with Gasteiger partial charge in [-0.1, -0.05) is 48.2 Å². The first-order valence-corrected chi connectivity index (χ1v) is 11.3. The second-order valence-corrected chi connectivity index (χ2v) is 8.32. The molecule has 0 aliphatic carbocycles. The van der Waals surface area contributed by atoms with Crippen LogP contribution in [0.1, 0.15) is 16.9 Å². The van der Waals surface area contributed by atoms with Crippen LogP contribution in [0.4, 0.5) is 4.79 Å². The highest BCUT2D eigenvalue weighted by atomic mass is 32.2. The third-order valence-electron chi connectivity index (χ3n) is 5.00. The molecule has 4 aromatic rings. The first-order valence-electron chi connectivity index (χ1n) is 10.3. The van der Waals surface area contributed by atoms with Crippen LogP contribution in [-0.4, -0.2) is 32.5 Å². The molecule has 0 bridgehead atoms. The van der Waals surface area contributed by atoms with Gasteiger partial charge in [-0.2, -0.15) is 0 Å². The molecule has 8 nitrogen and oxygen atoms in total. The lowest BCUT2D eigenvalue weighted by molar-refractivity contribution is -0.117. The molecule has 0 saturated carbocycles. The number of amides is 3. The van der Waals surface area contributed by atoms with Crippen molar-refractivity contribution in [2.75, 3.05) is 5.75 Å². The van der Waals surface area contributed by atoms with Crippen LogP contribution >= 0.6 is 11.8 Å². The van der Waals surface area contributed by atoms with E-state index in [0.717, 1.165) is 16.8 Å². The Morgan fingerprint density at radius 3 is 2.55 bits per heavy atom. The molecule has 0 radical (unpaired) electrons. The summed E-state index contributed by atoms with van der Waals surface area (Å²) in [5.74, 6) is 0.846. The van der Waals surface area contributed by atoms with Crippen molar-refractivity contribution in [3.8, 4) is 17.1 Å². The molecule has 0 saturated heterocycles. The van der Waals surface area contributed by atoms with E-state index in [4.69, 9.17) is 4.42 Å². The molecule has 2 N–H and O–H groups in total. The molecule has 33 heavy (non-hydrogen) atoms. The summed E-state index contributed by atoms with van der Waals surface area (Å²) in [6.07, 6.45) is 1.52. The van der Waals surface area contributed by atoms with E-state index in [-0.39, 0.29) is 12.3 Å². The van der Waals surface area contributed by atoms with Crippen LogP contribution in [0.2, 0.25) is 0 Å². The molecule has 2 heterocycles. The maximum Gasteiger partial charge on any atom is 0.321 e. The Kier molecular flexibility index (Phi) is 6.89. The number of aromatic nitrogens is 3. The molecule has 9 heteroatoms. The number of hydrogen-bond donors (Lipinski definition) is 2. The average Bonchev–Trinajstić information content (AvgIpc) is 3.49. The number of hydrogen-bond acceptors (Lipinski definition) is 6. The molecule has 0 unspecified atom stereocenters. The lowest BCUT2D eigenvalue weighted by atomic mass is 10.1. The van der Waals surface area contributed by atoms with Gasteiger partial charge < -0.3 is 9.73 Å². The molecular weight excluding hydrogens is 438 g/mol. The number of urea groups is 1. The maximum atomic E-state index is 12.3. The largest absolute Gasteiger partial charge is 0.467 e. The van der Waals surface area contributed by atoms with Crippen molar-refractivity contribution in [2.45, 2.75) is 25.5 Å². The average molecular weight is 462 g/mol. The summed E-state index contributed by atoms with van der Waals surface area (Å²) in [6, 6.07) is 18.7. The van der Waals surface area contributed by atoms with Crippen molar-refractivity contribution < 1.29 is 14.0 Å². The van der Waals surface area contributed by atoms with Gasteiger partial charge in [-0.05, 0) is 49.2 Å². The summed E-state index contributed by atoms with van der Waals surface area (Å²) in [5, 5.41) is 14.2. The van der Waals surface area contributed by atoms with Crippen LogP contribution in [0.25, 0.3) is 17.1 Å². The second kappa shape index (κ2) is 10.2. The number of thioether (sulfide) groups is 1. The van der Waals surface area contributed by atoms with Gasteiger partial charge in [0.1, 0.15) is 5.76 Å². The van der Waals surface area contributed by atoms with E-state index < -0.39 is 11.9 Å². The van der Waals surface area contributed by atoms with E-state index in [1.807, 2.05) is 54.0 Å². The van der Waals surface area contributed by atoms with Gasteiger partial charge in [-0.25, -0.2) is 4.79 Å². The fourth-order valence-corrected chi connectivity index (χ4v) is 3.90. The van der Waals surface area contributed by atoms with Crippen molar-refractivity contribution in [2.24, 2.45) is 0 Å². The van der Waals surface area contributed by atoms with Gasteiger partial charge in [-0.3, -0.25) is 14.7 Å². The van der Waals surface area contributed by atoms with Gasteiger partial charge in [0.05, 0.1) is 24.2 Å². The summed E-state index contributed by atoms with van der Waals surface area (Å²) in [5.41, 5.74) is 4.14. The number of furan rings is 1. The normalized spacial score (nSPS) is 10.7. The van der Waals surface area contributed by atoms with E-state index in [0.29, 0.717) is 16.7 Å². The molecule has 2 aromatic heterocycles. The summed E-state index contributed by atoms with van der Waals surface area (Å²) in [4.78, 5) is 24.3. The monoisotopic (exact) mass is 461 g/mol. The zero-order valence-corrected chi connectivity index (χ0v) is 19.1. The van der Waals surface area contributed by atoms with Gasteiger partial charge in [-0.15, -0.1) is 10.2 Å². The van der Waals surface area contributed by atoms with Crippen LogP contribution in [0, 0.1) is 13.8 Å². The Labute approximate surface area is 195 Å². The fraction of sp³-hybridized carbons (Fsp3) is 0.167. The van der Waals surface area contributed by atoms with E-state index in [1.165, 1.54) is 23.6 Å². The number of nitrogens with zero attached hydrogens (tertiary/aromatic N) is 3. The van der Waals surface area contributed by atoms with Crippen LogP contribution < -0.4 is 10.6 Å². The summed E-state index contributed by atoms with van der Waals surface area (Å²) >= 11 is 1.21. The molecule has 2 aromatic carbocycles. The third-order valence-corrected chi connectivity index (χ3v) is 5.93. The van der Waals surface area contributed by atoms with Crippen molar-refractivity contribution in [3.63, 3.8) is 0 Å². The van der Waals surface area contributed by atoms with Crippen molar-refractivity contribution in [1.29, 1.82) is 0 Å². The molecule has 0 aliphatic rings. The van der Waals surface area contributed by atoms with Crippen LogP contribution in [0.3, 0.4) is 0 Å². The molecule has 168 valence electrons. The number of benzene rings is 2. The minimum Gasteiger partial charge on any atom is -0.467 e. The van der Waals surface area contributed by atoms with Crippen molar-refractivity contribution in [3.05, 3.63) is 83.8 Å². The Morgan fingerprint density at radius 2 is 1.82 bits per heavy atom. The fourth-order valence-electron chi connectivity index (χ4n) is 3.15. The highest BCUT2D eigenvalue weighted by Gasteiger charge is 2.18. The smallest absolute Gasteiger partial charge is 0.321 e. The Bertz CT molecular complexity index is 1250. The summed E-state index contributed by atoms with van der Waals surface area (Å²) in [7, 11) is 0. The minimum absolute atomic E-state index is 0.00589. The Morgan fingerprint density at radius 1 is 1.00 bits per heavy atom. The first-order chi connectivity index (χ1) is 16.0. The summed E-state index contributed by atoms with van der Waals surface area (Å²) < 4.78 is 7.08. The molecule has 0 atom stereocenters. The highest BCUT2D eigenvalue weighted by molar-refractivity contribution is 7.99. The van der Waals surface area contributed by atoms with Crippen LogP contribution in [-0.2, 0) is 11.3 Å². The number of nitrogens with one attached hydrogen (secondary N) is 2. The topological polar surface area (TPSA) is 102 Å². The van der Waals surface area contributed by atoms with Gasteiger partial charge in [0.15, 0.2) is 11.0 Å². The number of aryl methyl sites for hydroxylation is 2. The first kappa shape index (κ1) is 22.3. The number of imide groups is 1. The van der Waals surface area contributed by atoms with Crippen LogP contribution in [0.5, 0.6) is 0 Å². The van der Waals surface area contributed by atoms with Gasteiger partial charge in [0.25, 0.3) is 0 Å². The zero-order valence-electron chi connectivity index (χ0n) is 18.2. The Balaban J connectivity index is 1.49. The molecule has 0 spiro atoms. The van der Waals surface area contributed by atoms with Crippen molar-refractivity contribution >= 4 is 23.7 Å². The standard InChI is InChI=1S/C24H23N5O3S/c1-16-10-11-19(13-17(16)2)29-22(18-7-4-3-5-8-18)27-28-24(29)33-15-21(30)26-23(31)25-14-20-9-6-12-32-20/h3-13H,14-15H2,1-2H3,(H2,25,26,30,31). The van der Waals surface area contributed by atoms with E-state index in [9.17, 15) is 9.59 Å². The predicted octanol–water partition coefficient (Wildman–Crippen LogP) is 4.26. The Hall–Kier alpha value is -3.85. The molecule has 3 amide bonds. The molecular formula is C24H23N5O3S. The van der Waals surface area contributed by atoms with Crippen LogP contribution in [0.15, 0.2) is 76.5 Å². The molecule has 4 rings (SSSR count). The quantitative estimate of drug-likeness (QED) is 0.399. The zero-order chi connectivity index (χ0) is 23.2. The lowest BCUT2D eigenvalue weighted by Gasteiger charge is -2.12. The number of carbonyl (C=O) groups excluding carboxylic acids is 2. The van der Waals surface area contributed by atoms with E-state index in [1.54, 1.807) is 12.1 Å². The van der Waals surface area contributed by atoms with Crippen molar-refractivity contribution in [1.82, 2.24) is 25.4 Å². The molecule has 0 aliphatic heterocycles. The summed E-state index contributed by atoms with van der Waals surface area (Å²) in [6.45, 7) is 4.30. The minimum atomic E-state index is -0.586. The van der Waals surface area contributed by atoms with E-state index in [2.05, 4.69) is 33.8 Å². The maximum absolute atomic E-state index is 12.3. The van der Waals surface area contributed by atoms with Gasteiger partial charge in [0.2, 0.25) is 5.91 Å². The van der Waals surface area contributed by atoms with Gasteiger partial charge in [0, 0.05) is 5.56 Å². The SMILES string of the molecule is Cc1ccc(-n2c(SCC(=O)NC(=O)NCc3ccco3)nnc2-c2ccccc2)cc1C. The van der Waals surface area contributed by atoms with E-state index >= 15 is 0 Å². The number of carbonyl (C=O) groups is 2. The second-order valence-electron chi connectivity index (χ2n) is 7.38. The van der Waals surface area contributed by atoms with Gasteiger partial charge >= 0.3 is 6.03 Å². The predicted molar refractivity (Wildman–Crippen MR) is 126 cm³/mol. The molecule has 0 fully saturated rings.